The summed E-state index contributed by atoms with van der Waals surface area (Å²) in [7, 11) is 0. The predicted molar refractivity (Wildman–Crippen MR) is 101 cm³/mol. The van der Waals surface area contributed by atoms with Crippen LogP contribution in [0.3, 0.4) is 0 Å². The van der Waals surface area contributed by atoms with Crippen LogP contribution in [-0.4, -0.2) is 16.2 Å². The highest BCUT2D eigenvalue weighted by Gasteiger charge is 1.96. The molecule has 0 aliphatic heterocycles. The Hall–Kier alpha value is -1.35. The normalized spacial score (nSPS) is 10.1. The van der Waals surface area contributed by atoms with Crippen molar-refractivity contribution in [2.24, 2.45) is 0 Å². The van der Waals surface area contributed by atoms with Crippen molar-refractivity contribution in [3.8, 4) is 0 Å². The molecule has 0 bridgehead atoms. The zero-order chi connectivity index (χ0) is 17.9. The van der Waals surface area contributed by atoms with Crippen LogP contribution in [0.15, 0.2) is 30.3 Å². The molecule has 0 amide bonds. The first-order chi connectivity index (χ1) is 11.7. The number of benzene rings is 1. The van der Waals surface area contributed by atoms with Gasteiger partial charge in [0, 0.05) is 6.42 Å². The molecule has 0 spiro atoms. The van der Waals surface area contributed by atoms with Crippen LogP contribution in [-0.2, 0) is 11.4 Å². The topological polar surface area (TPSA) is 57.5 Å². The third-order valence-electron chi connectivity index (χ3n) is 4.02. The van der Waals surface area contributed by atoms with Gasteiger partial charge in [0.05, 0.1) is 6.61 Å². The molecule has 0 aromatic heterocycles. The number of aliphatic hydroxyl groups excluding tert-OH is 1. The summed E-state index contributed by atoms with van der Waals surface area (Å²) < 4.78 is 0. The molecule has 0 aliphatic carbocycles. The molecule has 3 nitrogen and oxygen atoms in total. The molecule has 0 aliphatic rings. The molecule has 138 valence electrons. The third kappa shape index (κ3) is 17.0. The lowest BCUT2D eigenvalue weighted by Crippen LogP contribution is -1.93. The minimum Gasteiger partial charge on any atom is -0.481 e. The van der Waals surface area contributed by atoms with Crippen molar-refractivity contribution >= 4 is 5.97 Å². The minimum atomic E-state index is -0.657. The van der Waals surface area contributed by atoms with Crippen LogP contribution in [0.4, 0.5) is 0 Å². The van der Waals surface area contributed by atoms with Crippen molar-refractivity contribution < 1.29 is 15.0 Å². The number of unbranched alkanes of at least 4 members (excludes halogenated alkanes) is 10. The van der Waals surface area contributed by atoms with Crippen molar-refractivity contribution in [1.29, 1.82) is 0 Å². The van der Waals surface area contributed by atoms with Gasteiger partial charge in [0.1, 0.15) is 0 Å². The van der Waals surface area contributed by atoms with E-state index in [1.165, 1.54) is 57.8 Å². The fourth-order valence-electron chi connectivity index (χ4n) is 2.52. The van der Waals surface area contributed by atoms with Crippen molar-refractivity contribution in [3.05, 3.63) is 35.9 Å². The standard InChI is InChI=1S/C14H28O2.C7H8O/c1-2-3-4-5-6-7-8-9-10-11-12-13-14(15)16;8-6-7-4-2-1-3-5-7/h2-13H2,1H3,(H,15,16);1-5,8H,6H2. The van der Waals surface area contributed by atoms with Crippen LogP contribution in [0.5, 0.6) is 0 Å². The van der Waals surface area contributed by atoms with E-state index in [1.54, 1.807) is 0 Å². The average molecular weight is 337 g/mol. The Balaban J connectivity index is 0.000000546. The van der Waals surface area contributed by atoms with E-state index in [4.69, 9.17) is 10.2 Å². The summed E-state index contributed by atoms with van der Waals surface area (Å²) in [5.41, 5.74) is 0.965. The maximum absolute atomic E-state index is 10.3. The zero-order valence-electron chi connectivity index (χ0n) is 15.4. The Morgan fingerprint density at radius 3 is 1.62 bits per heavy atom. The van der Waals surface area contributed by atoms with Gasteiger partial charge in [0.2, 0.25) is 0 Å². The maximum Gasteiger partial charge on any atom is 0.303 e. The largest absolute Gasteiger partial charge is 0.481 e. The number of carboxylic acids is 1. The van der Waals surface area contributed by atoms with Crippen LogP contribution < -0.4 is 0 Å². The molecule has 3 heteroatoms. The van der Waals surface area contributed by atoms with E-state index in [-0.39, 0.29) is 6.61 Å². The molecule has 24 heavy (non-hydrogen) atoms. The molecule has 0 atom stereocenters. The summed E-state index contributed by atoms with van der Waals surface area (Å²) >= 11 is 0. The molecule has 2 N–H and O–H groups in total. The quantitative estimate of drug-likeness (QED) is 0.437. The average Bonchev–Trinajstić information content (AvgIpc) is 2.60. The Morgan fingerprint density at radius 2 is 1.25 bits per heavy atom. The van der Waals surface area contributed by atoms with E-state index >= 15 is 0 Å². The van der Waals surface area contributed by atoms with E-state index in [0.717, 1.165) is 18.4 Å². The first-order valence-electron chi connectivity index (χ1n) is 9.57. The van der Waals surface area contributed by atoms with Gasteiger partial charge in [-0.05, 0) is 12.0 Å². The second-order valence-corrected chi connectivity index (χ2v) is 6.32. The number of rotatable bonds is 13. The molecular formula is C21H36O3. The van der Waals surface area contributed by atoms with Gasteiger partial charge in [-0.2, -0.15) is 0 Å². The van der Waals surface area contributed by atoms with E-state index in [2.05, 4.69) is 6.92 Å². The van der Waals surface area contributed by atoms with Crippen LogP contribution in [0.1, 0.15) is 89.5 Å². The minimum absolute atomic E-state index is 0.140. The maximum atomic E-state index is 10.3. The smallest absolute Gasteiger partial charge is 0.303 e. The molecule has 1 aromatic rings. The summed E-state index contributed by atoms with van der Waals surface area (Å²) in [6, 6.07) is 9.52. The molecule has 0 saturated heterocycles. The number of hydrogen-bond donors (Lipinski definition) is 2. The Labute approximate surface area is 148 Å². The van der Waals surface area contributed by atoms with Crippen LogP contribution in [0, 0.1) is 0 Å². The van der Waals surface area contributed by atoms with Gasteiger partial charge in [-0.3, -0.25) is 4.79 Å². The van der Waals surface area contributed by atoms with Gasteiger partial charge in [-0.25, -0.2) is 0 Å². The highest BCUT2D eigenvalue weighted by Crippen LogP contribution is 2.11. The van der Waals surface area contributed by atoms with Crippen molar-refractivity contribution in [2.45, 2.75) is 90.6 Å². The predicted octanol–water partition coefficient (Wildman–Crippen LogP) is 5.95. The van der Waals surface area contributed by atoms with Crippen LogP contribution in [0.25, 0.3) is 0 Å². The number of carbonyl (C=O) groups is 1. The second kappa shape index (κ2) is 18.0. The van der Waals surface area contributed by atoms with Gasteiger partial charge in [0.25, 0.3) is 0 Å². The lowest BCUT2D eigenvalue weighted by Gasteiger charge is -2.01. The van der Waals surface area contributed by atoms with Crippen molar-refractivity contribution in [2.75, 3.05) is 0 Å². The number of carboxylic acid groups (broad SMARTS) is 1. The Morgan fingerprint density at radius 1 is 0.792 bits per heavy atom. The second-order valence-electron chi connectivity index (χ2n) is 6.32. The molecule has 0 heterocycles. The van der Waals surface area contributed by atoms with E-state index < -0.39 is 5.97 Å². The van der Waals surface area contributed by atoms with Gasteiger partial charge in [-0.1, -0.05) is 101 Å². The lowest BCUT2D eigenvalue weighted by atomic mass is 10.1. The number of aliphatic carboxylic acids is 1. The van der Waals surface area contributed by atoms with E-state index in [0.29, 0.717) is 6.42 Å². The highest BCUT2D eigenvalue weighted by molar-refractivity contribution is 5.66. The van der Waals surface area contributed by atoms with Crippen LogP contribution in [0.2, 0.25) is 0 Å². The van der Waals surface area contributed by atoms with Gasteiger partial charge >= 0.3 is 5.97 Å². The van der Waals surface area contributed by atoms with Crippen LogP contribution >= 0.6 is 0 Å². The SMILES string of the molecule is CCCCCCCCCCCCCC(=O)O.OCc1ccccc1. The Kier molecular flexibility index (Phi) is 17.0. The number of hydrogen-bond acceptors (Lipinski definition) is 2. The molecule has 0 fully saturated rings. The fraction of sp³-hybridized carbons (Fsp3) is 0.667. The monoisotopic (exact) mass is 336 g/mol. The number of aliphatic hydroxyl groups is 1. The zero-order valence-corrected chi connectivity index (χ0v) is 15.4. The molecule has 0 saturated carbocycles. The third-order valence-corrected chi connectivity index (χ3v) is 4.02. The summed E-state index contributed by atoms with van der Waals surface area (Å²) in [5.74, 6) is -0.657. The molecule has 0 unspecified atom stereocenters. The first-order valence-corrected chi connectivity index (χ1v) is 9.57. The fourth-order valence-corrected chi connectivity index (χ4v) is 2.52. The van der Waals surface area contributed by atoms with E-state index in [1.807, 2.05) is 30.3 Å². The molecular weight excluding hydrogens is 300 g/mol. The molecule has 1 aromatic carbocycles. The molecule has 1 rings (SSSR count). The summed E-state index contributed by atoms with van der Waals surface area (Å²) in [4.78, 5) is 10.3. The van der Waals surface area contributed by atoms with Gasteiger partial charge in [-0.15, -0.1) is 0 Å². The van der Waals surface area contributed by atoms with Gasteiger partial charge in [0.15, 0.2) is 0 Å². The summed E-state index contributed by atoms with van der Waals surface area (Å²) in [6.45, 7) is 2.39. The summed E-state index contributed by atoms with van der Waals surface area (Å²) in [5, 5.41) is 17.0. The highest BCUT2D eigenvalue weighted by atomic mass is 16.4. The lowest BCUT2D eigenvalue weighted by molar-refractivity contribution is -0.137. The van der Waals surface area contributed by atoms with Crippen molar-refractivity contribution in [1.82, 2.24) is 0 Å². The van der Waals surface area contributed by atoms with Crippen molar-refractivity contribution in [3.63, 3.8) is 0 Å². The van der Waals surface area contributed by atoms with E-state index in [9.17, 15) is 4.79 Å². The first kappa shape index (κ1) is 22.6. The molecule has 0 radical (unpaired) electrons. The summed E-state index contributed by atoms with van der Waals surface area (Å²) in [6.07, 6.45) is 14.4. The Bertz CT molecular complexity index is 376. The van der Waals surface area contributed by atoms with Gasteiger partial charge < -0.3 is 10.2 Å².